The molecule has 90 valence electrons. The minimum Gasteiger partial charge on any atom is -0.467 e. The van der Waals surface area contributed by atoms with Crippen LogP contribution in [0.3, 0.4) is 0 Å². The number of aromatic nitrogens is 2. The lowest BCUT2D eigenvalue weighted by atomic mass is 10.0. The van der Waals surface area contributed by atoms with E-state index in [-0.39, 0.29) is 11.5 Å². The highest BCUT2D eigenvalue weighted by atomic mass is 35.5. The highest BCUT2D eigenvalue weighted by Gasteiger charge is 2.22. The number of nitrogens with one attached hydrogen (secondary N) is 1. The maximum Gasteiger partial charge on any atom is 0.318 e. The zero-order valence-electron chi connectivity index (χ0n) is 9.55. The molecule has 0 spiro atoms. The van der Waals surface area contributed by atoms with Crippen molar-refractivity contribution in [2.75, 3.05) is 18.3 Å². The quantitative estimate of drug-likeness (QED) is 0.830. The molecule has 0 bridgehead atoms. The third kappa shape index (κ3) is 3.12. The molecule has 1 heterocycles. The number of hydrogen-bond donors (Lipinski definition) is 1. The van der Waals surface area contributed by atoms with Gasteiger partial charge in [0.15, 0.2) is 5.82 Å². The van der Waals surface area contributed by atoms with E-state index < -0.39 is 0 Å². The maximum absolute atomic E-state index is 5.99. The Morgan fingerprint density at radius 3 is 2.75 bits per heavy atom. The Hall–Kier alpha value is -0.740. The summed E-state index contributed by atoms with van der Waals surface area (Å²) in [4.78, 5) is 8.04. The fourth-order valence-corrected chi connectivity index (χ4v) is 1.43. The Bertz CT molecular complexity index is 356. The van der Waals surface area contributed by atoms with Gasteiger partial charge in [0.1, 0.15) is 5.02 Å². The van der Waals surface area contributed by atoms with Crippen molar-refractivity contribution in [2.24, 2.45) is 0 Å². The van der Waals surface area contributed by atoms with Gasteiger partial charge >= 0.3 is 6.01 Å². The molecule has 0 amide bonds. The van der Waals surface area contributed by atoms with E-state index in [4.69, 9.17) is 27.9 Å². The maximum atomic E-state index is 5.99. The molecule has 0 aromatic carbocycles. The summed E-state index contributed by atoms with van der Waals surface area (Å²) in [5, 5.41) is 3.65. The van der Waals surface area contributed by atoms with E-state index in [1.54, 1.807) is 0 Å². The predicted octanol–water partition coefficient (Wildman–Crippen LogP) is 2.96. The van der Waals surface area contributed by atoms with Crippen LogP contribution >= 0.6 is 23.2 Å². The van der Waals surface area contributed by atoms with Crippen LogP contribution in [0.5, 0.6) is 6.01 Å². The van der Waals surface area contributed by atoms with Crippen LogP contribution in [0.1, 0.15) is 20.3 Å². The molecule has 0 saturated carbocycles. The normalized spacial score (nSPS) is 14.3. The third-order valence-corrected chi connectivity index (χ3v) is 3.27. The van der Waals surface area contributed by atoms with Gasteiger partial charge in [0.25, 0.3) is 0 Å². The molecule has 0 fully saturated rings. The first-order valence-electron chi connectivity index (χ1n) is 4.95. The summed E-state index contributed by atoms with van der Waals surface area (Å²) >= 11 is 11.9. The van der Waals surface area contributed by atoms with Crippen molar-refractivity contribution in [3.8, 4) is 6.01 Å². The topological polar surface area (TPSA) is 47.0 Å². The molecule has 1 N–H and O–H groups in total. The number of methoxy groups -OCH3 is 1. The number of halogens is 2. The SMILES string of the molecule is CCC(C)(CCl)Nc1nc(OC)ncc1Cl. The lowest BCUT2D eigenvalue weighted by Gasteiger charge is -2.28. The molecule has 0 saturated heterocycles. The molecule has 4 nitrogen and oxygen atoms in total. The molecule has 0 aliphatic heterocycles. The van der Waals surface area contributed by atoms with Crippen LogP contribution < -0.4 is 10.1 Å². The summed E-state index contributed by atoms with van der Waals surface area (Å²) in [6.45, 7) is 4.05. The molecule has 1 aromatic heterocycles. The van der Waals surface area contributed by atoms with E-state index in [1.165, 1.54) is 13.3 Å². The molecule has 1 unspecified atom stereocenters. The van der Waals surface area contributed by atoms with Gasteiger partial charge in [-0.05, 0) is 13.3 Å². The van der Waals surface area contributed by atoms with Crippen molar-refractivity contribution in [3.63, 3.8) is 0 Å². The zero-order chi connectivity index (χ0) is 12.2. The molecule has 16 heavy (non-hydrogen) atoms. The third-order valence-electron chi connectivity index (χ3n) is 2.40. The van der Waals surface area contributed by atoms with Gasteiger partial charge in [-0.2, -0.15) is 4.98 Å². The van der Waals surface area contributed by atoms with E-state index in [0.717, 1.165) is 6.42 Å². The number of nitrogens with zero attached hydrogens (tertiary/aromatic N) is 2. The fourth-order valence-electron chi connectivity index (χ4n) is 1.04. The Morgan fingerprint density at radius 1 is 1.56 bits per heavy atom. The lowest BCUT2D eigenvalue weighted by molar-refractivity contribution is 0.380. The highest BCUT2D eigenvalue weighted by Crippen LogP contribution is 2.25. The summed E-state index contributed by atoms with van der Waals surface area (Å²) in [5.41, 5.74) is -0.245. The fraction of sp³-hybridized carbons (Fsp3) is 0.600. The van der Waals surface area contributed by atoms with E-state index >= 15 is 0 Å². The molecule has 1 aromatic rings. The van der Waals surface area contributed by atoms with Gasteiger partial charge in [-0.3, -0.25) is 0 Å². The van der Waals surface area contributed by atoms with Gasteiger partial charge in [0.2, 0.25) is 0 Å². The number of ether oxygens (including phenoxy) is 1. The molecule has 6 heteroatoms. The van der Waals surface area contributed by atoms with E-state index in [0.29, 0.717) is 16.7 Å². The zero-order valence-corrected chi connectivity index (χ0v) is 11.1. The van der Waals surface area contributed by atoms with Crippen LogP contribution in [0.25, 0.3) is 0 Å². The van der Waals surface area contributed by atoms with Gasteiger partial charge in [-0.25, -0.2) is 4.98 Å². The van der Waals surface area contributed by atoms with Crippen LogP contribution in [0.15, 0.2) is 6.20 Å². The van der Waals surface area contributed by atoms with Crippen molar-refractivity contribution in [3.05, 3.63) is 11.2 Å². The second-order valence-electron chi connectivity index (χ2n) is 3.73. The monoisotopic (exact) mass is 263 g/mol. The van der Waals surface area contributed by atoms with Crippen LogP contribution in [0, 0.1) is 0 Å². The van der Waals surface area contributed by atoms with Crippen molar-refractivity contribution in [1.82, 2.24) is 9.97 Å². The highest BCUT2D eigenvalue weighted by molar-refractivity contribution is 6.32. The molecular formula is C10H15Cl2N3O. The Morgan fingerprint density at radius 2 is 2.25 bits per heavy atom. The molecular weight excluding hydrogens is 249 g/mol. The van der Waals surface area contributed by atoms with Gasteiger partial charge in [-0.1, -0.05) is 18.5 Å². The van der Waals surface area contributed by atoms with Crippen molar-refractivity contribution in [1.29, 1.82) is 0 Å². The Kier molecular flexibility index (Phi) is 4.62. The molecule has 1 rings (SSSR count). The van der Waals surface area contributed by atoms with Gasteiger partial charge in [-0.15, -0.1) is 11.6 Å². The largest absolute Gasteiger partial charge is 0.467 e. The Balaban J connectivity index is 2.95. The van der Waals surface area contributed by atoms with E-state index in [1.807, 2.05) is 13.8 Å². The minimum absolute atomic E-state index is 0.245. The number of anilines is 1. The second kappa shape index (κ2) is 5.55. The molecule has 0 aliphatic carbocycles. The van der Waals surface area contributed by atoms with Crippen LogP contribution in [-0.4, -0.2) is 28.5 Å². The van der Waals surface area contributed by atoms with Crippen molar-refractivity contribution < 1.29 is 4.74 Å². The summed E-state index contributed by atoms with van der Waals surface area (Å²) in [7, 11) is 1.51. The van der Waals surface area contributed by atoms with Gasteiger partial charge in [0.05, 0.1) is 13.3 Å². The molecule has 0 aliphatic rings. The number of rotatable bonds is 5. The first kappa shape index (κ1) is 13.3. The standard InChI is InChI=1S/C10H15Cl2N3O/c1-4-10(2,6-11)15-8-7(12)5-13-9(14-8)16-3/h5H,4,6H2,1-3H3,(H,13,14,15). The van der Waals surface area contributed by atoms with Crippen LogP contribution in [0.2, 0.25) is 5.02 Å². The minimum atomic E-state index is -0.245. The summed E-state index contributed by atoms with van der Waals surface area (Å²) in [5.74, 6) is 1.00. The number of alkyl halides is 1. The smallest absolute Gasteiger partial charge is 0.318 e. The molecule has 0 radical (unpaired) electrons. The number of hydrogen-bond acceptors (Lipinski definition) is 4. The molecule has 1 atom stereocenters. The Labute approximate surface area is 105 Å². The average Bonchev–Trinajstić information content (AvgIpc) is 2.32. The second-order valence-corrected chi connectivity index (χ2v) is 4.40. The average molecular weight is 264 g/mol. The van der Waals surface area contributed by atoms with Crippen LogP contribution in [0.4, 0.5) is 5.82 Å². The van der Waals surface area contributed by atoms with E-state index in [9.17, 15) is 0 Å². The van der Waals surface area contributed by atoms with Crippen LogP contribution in [-0.2, 0) is 0 Å². The first-order valence-corrected chi connectivity index (χ1v) is 5.86. The van der Waals surface area contributed by atoms with Gasteiger partial charge in [0, 0.05) is 11.4 Å². The summed E-state index contributed by atoms with van der Waals surface area (Å²) in [6, 6.07) is 0.278. The lowest BCUT2D eigenvalue weighted by Crippen LogP contribution is -2.36. The predicted molar refractivity (Wildman–Crippen MR) is 66.6 cm³/mol. The summed E-state index contributed by atoms with van der Waals surface area (Å²) in [6.07, 6.45) is 2.36. The van der Waals surface area contributed by atoms with Crippen molar-refractivity contribution >= 4 is 29.0 Å². The van der Waals surface area contributed by atoms with Crippen molar-refractivity contribution in [2.45, 2.75) is 25.8 Å². The first-order chi connectivity index (χ1) is 7.54. The van der Waals surface area contributed by atoms with E-state index in [2.05, 4.69) is 15.3 Å². The summed E-state index contributed by atoms with van der Waals surface area (Å²) < 4.78 is 4.94. The van der Waals surface area contributed by atoms with Gasteiger partial charge < -0.3 is 10.1 Å².